The van der Waals surface area contributed by atoms with Crippen LogP contribution in [-0.2, 0) is 13.1 Å². The Labute approximate surface area is 231 Å². The van der Waals surface area contributed by atoms with Gasteiger partial charge >= 0.3 is 6.36 Å². The van der Waals surface area contributed by atoms with Gasteiger partial charge in [0.15, 0.2) is 0 Å². The summed E-state index contributed by atoms with van der Waals surface area (Å²) in [6, 6.07) is 19.1. The minimum Gasteiger partial charge on any atom is -0.405 e. The molecule has 7 nitrogen and oxygen atoms in total. The maximum absolute atomic E-state index is 12.8. The van der Waals surface area contributed by atoms with E-state index in [1.165, 1.54) is 36.7 Å². The van der Waals surface area contributed by atoms with Gasteiger partial charge in [0.1, 0.15) is 23.2 Å². The van der Waals surface area contributed by atoms with Gasteiger partial charge < -0.3 is 20.7 Å². The highest BCUT2D eigenvalue weighted by Gasteiger charge is 2.61. The average Bonchev–Trinajstić information content (AvgIpc) is 3.38. The molecule has 4 bridgehead atoms. The Kier molecular flexibility index (Phi) is 7.00. The lowest BCUT2D eigenvalue weighted by Gasteiger charge is -2.39. The normalized spacial score (nSPS) is 26.4. The molecule has 3 aromatic rings. The SMILES string of the molecule is N#Cc1cnc(NCc2ccccc2OC(F)(F)F)nc1NCC12C[C@H]3C[C@H]1C[C@@H](C2)[C@@H]3NCc1ccccc1. The van der Waals surface area contributed by atoms with Crippen LogP contribution in [0.2, 0.25) is 0 Å². The van der Waals surface area contributed by atoms with Crippen molar-refractivity contribution in [2.75, 3.05) is 17.2 Å². The number of nitriles is 1. The molecule has 4 saturated carbocycles. The minimum atomic E-state index is -4.78. The van der Waals surface area contributed by atoms with Crippen molar-refractivity contribution in [1.29, 1.82) is 5.26 Å². The van der Waals surface area contributed by atoms with E-state index in [2.05, 4.69) is 61.0 Å². The van der Waals surface area contributed by atoms with E-state index in [9.17, 15) is 18.4 Å². The van der Waals surface area contributed by atoms with E-state index in [1.807, 2.05) is 6.07 Å². The van der Waals surface area contributed by atoms with Crippen molar-refractivity contribution in [3.05, 3.63) is 77.5 Å². The highest BCUT2D eigenvalue weighted by molar-refractivity contribution is 5.54. The van der Waals surface area contributed by atoms with E-state index < -0.39 is 6.36 Å². The molecule has 0 amide bonds. The van der Waals surface area contributed by atoms with Crippen LogP contribution >= 0.6 is 0 Å². The molecule has 10 heteroatoms. The molecule has 7 rings (SSSR count). The molecular formula is C30H31F3N6O. The highest BCUT2D eigenvalue weighted by Crippen LogP contribution is 2.65. The van der Waals surface area contributed by atoms with E-state index >= 15 is 0 Å². The van der Waals surface area contributed by atoms with Gasteiger partial charge in [-0.25, -0.2) is 4.98 Å². The van der Waals surface area contributed by atoms with Gasteiger partial charge in [0.25, 0.3) is 0 Å². The van der Waals surface area contributed by atoms with E-state index in [1.54, 1.807) is 12.1 Å². The largest absolute Gasteiger partial charge is 0.573 e. The number of nitrogens with zero attached hydrogens (tertiary/aromatic N) is 3. The Hall–Kier alpha value is -3.84. The Morgan fingerprint density at radius 1 is 0.975 bits per heavy atom. The molecule has 3 N–H and O–H groups in total. The molecule has 5 atom stereocenters. The van der Waals surface area contributed by atoms with E-state index in [-0.39, 0.29) is 23.7 Å². The molecule has 40 heavy (non-hydrogen) atoms. The van der Waals surface area contributed by atoms with Crippen LogP contribution in [0.1, 0.15) is 42.4 Å². The fraction of sp³-hybridized carbons (Fsp3) is 0.433. The molecule has 1 unspecified atom stereocenters. The molecule has 0 aliphatic heterocycles. The average molecular weight is 549 g/mol. The zero-order chi connectivity index (χ0) is 27.7. The summed E-state index contributed by atoms with van der Waals surface area (Å²) in [6.45, 7) is 1.66. The maximum Gasteiger partial charge on any atom is 0.573 e. The van der Waals surface area contributed by atoms with Gasteiger partial charge in [-0.1, -0.05) is 48.5 Å². The number of hydrogen-bond acceptors (Lipinski definition) is 7. The maximum atomic E-state index is 12.8. The fourth-order valence-electron chi connectivity index (χ4n) is 7.33. The number of halogens is 3. The first-order chi connectivity index (χ1) is 19.3. The highest BCUT2D eigenvalue weighted by atomic mass is 19.4. The molecule has 0 spiro atoms. The second-order valence-corrected chi connectivity index (χ2v) is 11.3. The van der Waals surface area contributed by atoms with Crippen LogP contribution in [0.3, 0.4) is 0 Å². The van der Waals surface area contributed by atoms with Crippen molar-refractivity contribution in [1.82, 2.24) is 15.3 Å². The Morgan fingerprint density at radius 3 is 2.42 bits per heavy atom. The van der Waals surface area contributed by atoms with Crippen LogP contribution in [-0.4, -0.2) is 28.9 Å². The van der Waals surface area contributed by atoms with Crippen molar-refractivity contribution >= 4 is 11.8 Å². The monoisotopic (exact) mass is 548 g/mol. The van der Waals surface area contributed by atoms with Crippen LogP contribution < -0.4 is 20.7 Å². The van der Waals surface area contributed by atoms with Crippen molar-refractivity contribution in [2.45, 2.75) is 51.2 Å². The lowest BCUT2D eigenvalue weighted by atomic mass is 9.72. The second kappa shape index (κ2) is 10.6. The minimum absolute atomic E-state index is 0.0321. The molecule has 4 aliphatic carbocycles. The van der Waals surface area contributed by atoms with E-state index in [0.717, 1.165) is 25.9 Å². The summed E-state index contributed by atoms with van der Waals surface area (Å²) < 4.78 is 42.5. The Morgan fingerprint density at radius 2 is 1.70 bits per heavy atom. The number of anilines is 2. The van der Waals surface area contributed by atoms with Crippen LogP contribution in [0.25, 0.3) is 0 Å². The number of alkyl halides is 3. The number of nitrogens with one attached hydrogen (secondary N) is 3. The van der Waals surface area contributed by atoms with E-state index in [4.69, 9.17) is 0 Å². The summed E-state index contributed by atoms with van der Waals surface area (Å²) in [5.41, 5.74) is 2.15. The van der Waals surface area contributed by atoms with Gasteiger partial charge in [-0.05, 0) is 60.5 Å². The predicted octanol–water partition coefficient (Wildman–Crippen LogP) is 5.87. The first kappa shape index (κ1) is 26.4. The third-order valence-electron chi connectivity index (χ3n) is 8.93. The third-order valence-corrected chi connectivity index (χ3v) is 8.93. The van der Waals surface area contributed by atoms with Crippen molar-refractivity contribution in [2.24, 2.45) is 23.2 Å². The summed E-state index contributed by atoms with van der Waals surface area (Å²) in [4.78, 5) is 8.70. The molecule has 4 fully saturated rings. The van der Waals surface area contributed by atoms with Gasteiger partial charge in [-0.2, -0.15) is 10.2 Å². The predicted molar refractivity (Wildman–Crippen MR) is 144 cm³/mol. The van der Waals surface area contributed by atoms with Crippen LogP contribution in [0.15, 0.2) is 60.8 Å². The molecule has 2 aromatic carbocycles. The molecule has 1 aromatic heterocycles. The molecule has 4 aliphatic rings. The summed E-state index contributed by atoms with van der Waals surface area (Å²) in [5, 5.41) is 19.9. The van der Waals surface area contributed by atoms with Crippen molar-refractivity contribution in [3.63, 3.8) is 0 Å². The number of benzene rings is 2. The molecule has 1 heterocycles. The first-order valence-corrected chi connectivity index (χ1v) is 13.7. The molecule has 0 radical (unpaired) electrons. The standard InChI is InChI=1S/C30H31F3N6O/c31-30(32,33)40-25-9-5-4-8-20(25)16-36-28-37-17-23(14-34)27(39-28)38-18-29-12-21-10-24(29)11-22(13-29)26(21)35-15-19-6-2-1-3-7-19/h1-9,17,21-22,24,26,35H,10-13,15-16,18H2,(H2,36,37,38,39)/t21-,22+,24+,26-,29?. The number of hydrogen-bond donors (Lipinski definition) is 3. The summed E-state index contributed by atoms with van der Waals surface area (Å²) in [5.74, 6) is 2.36. The van der Waals surface area contributed by atoms with Gasteiger partial charge in [0, 0.05) is 31.2 Å². The first-order valence-electron chi connectivity index (χ1n) is 13.7. The lowest BCUT2D eigenvalue weighted by molar-refractivity contribution is -0.274. The quantitative estimate of drug-likeness (QED) is 0.292. The second-order valence-electron chi connectivity index (χ2n) is 11.3. The number of aromatic nitrogens is 2. The lowest BCUT2D eigenvalue weighted by Crippen LogP contribution is -2.45. The Balaban J connectivity index is 1.09. The summed E-state index contributed by atoms with van der Waals surface area (Å²) >= 11 is 0. The van der Waals surface area contributed by atoms with Crippen LogP contribution in [0, 0.1) is 34.5 Å². The summed E-state index contributed by atoms with van der Waals surface area (Å²) in [6.07, 6.45) is 1.42. The zero-order valence-electron chi connectivity index (χ0n) is 21.9. The number of rotatable bonds is 10. The van der Waals surface area contributed by atoms with Gasteiger partial charge in [-0.3, -0.25) is 0 Å². The Bertz CT molecular complexity index is 1380. The fourth-order valence-corrected chi connectivity index (χ4v) is 7.33. The zero-order valence-corrected chi connectivity index (χ0v) is 21.9. The number of ether oxygens (including phenoxy) is 1. The molecule has 0 saturated heterocycles. The van der Waals surface area contributed by atoms with Gasteiger partial charge in [-0.15, -0.1) is 13.2 Å². The molecule has 208 valence electrons. The van der Waals surface area contributed by atoms with Crippen molar-refractivity contribution in [3.8, 4) is 11.8 Å². The molecular weight excluding hydrogens is 517 g/mol. The van der Waals surface area contributed by atoms with Crippen LogP contribution in [0.4, 0.5) is 24.9 Å². The topological polar surface area (TPSA) is 94.9 Å². The number of para-hydroxylation sites is 1. The summed E-state index contributed by atoms with van der Waals surface area (Å²) in [7, 11) is 0. The van der Waals surface area contributed by atoms with Crippen LogP contribution in [0.5, 0.6) is 5.75 Å². The smallest absolute Gasteiger partial charge is 0.405 e. The van der Waals surface area contributed by atoms with Gasteiger partial charge in [0.05, 0.1) is 6.20 Å². The third kappa shape index (κ3) is 5.43. The van der Waals surface area contributed by atoms with Crippen molar-refractivity contribution < 1.29 is 17.9 Å². The van der Waals surface area contributed by atoms with Gasteiger partial charge in [0.2, 0.25) is 5.95 Å². The van der Waals surface area contributed by atoms with E-state index in [0.29, 0.717) is 40.7 Å².